The lowest BCUT2D eigenvalue weighted by atomic mass is 10.1. The van der Waals surface area contributed by atoms with Crippen molar-refractivity contribution in [2.45, 2.75) is 41.0 Å². The minimum atomic E-state index is 0.632. The number of rotatable bonds is 3. The highest BCUT2D eigenvalue weighted by Gasteiger charge is 2.00. The number of hydrogen-bond acceptors (Lipinski definition) is 2. The van der Waals surface area contributed by atoms with E-state index in [4.69, 9.17) is 4.74 Å². The lowest BCUT2D eigenvalue weighted by molar-refractivity contribution is 0.463. The van der Waals surface area contributed by atoms with Crippen LogP contribution in [-0.4, -0.2) is 4.98 Å². The molecule has 0 amide bonds. The number of aromatic nitrogens is 1. The van der Waals surface area contributed by atoms with E-state index in [0.717, 1.165) is 12.2 Å². The fraction of sp³-hybridized carbons (Fsp3) is 0.286. The van der Waals surface area contributed by atoms with Gasteiger partial charge in [0.15, 0.2) is 0 Å². The summed E-state index contributed by atoms with van der Waals surface area (Å²) in [5.41, 5.74) is 1.21. The van der Waals surface area contributed by atoms with Gasteiger partial charge in [0.1, 0.15) is 5.75 Å². The first-order valence-corrected chi connectivity index (χ1v) is 8.47. The molecule has 2 aromatic carbocycles. The van der Waals surface area contributed by atoms with Crippen LogP contribution >= 0.6 is 0 Å². The van der Waals surface area contributed by atoms with Crippen LogP contribution in [0.4, 0.5) is 0 Å². The average Bonchev–Trinajstić information content (AvgIpc) is 2.65. The van der Waals surface area contributed by atoms with Gasteiger partial charge in [-0.2, -0.15) is 0 Å². The highest BCUT2D eigenvalue weighted by Crippen LogP contribution is 2.24. The molecule has 0 unspecified atom stereocenters. The molecule has 2 nitrogen and oxygen atoms in total. The third-order valence-electron chi connectivity index (χ3n) is 3.15. The van der Waals surface area contributed by atoms with E-state index in [0.29, 0.717) is 5.88 Å². The molecule has 3 rings (SSSR count). The molecule has 1 aromatic heterocycles. The molecule has 0 radical (unpaired) electrons. The van der Waals surface area contributed by atoms with E-state index in [1.54, 1.807) is 0 Å². The van der Waals surface area contributed by atoms with E-state index < -0.39 is 0 Å². The summed E-state index contributed by atoms with van der Waals surface area (Å²) in [6.07, 6.45) is 2.85. The zero-order valence-electron chi connectivity index (χ0n) is 14.8. The maximum Gasteiger partial charge on any atom is 0.219 e. The average molecular weight is 309 g/mol. The fourth-order valence-corrected chi connectivity index (χ4v) is 2.03. The molecule has 0 spiro atoms. The van der Waals surface area contributed by atoms with Gasteiger partial charge >= 0.3 is 0 Å². The van der Waals surface area contributed by atoms with E-state index in [-0.39, 0.29) is 0 Å². The number of benzene rings is 2. The van der Waals surface area contributed by atoms with Gasteiger partial charge in [-0.05, 0) is 34.9 Å². The van der Waals surface area contributed by atoms with Crippen molar-refractivity contribution in [2.24, 2.45) is 0 Å². The minimum Gasteiger partial charge on any atom is -0.439 e. The number of ether oxygens (including phenoxy) is 1. The van der Waals surface area contributed by atoms with Crippen LogP contribution in [0.5, 0.6) is 11.6 Å². The molecule has 2 heteroatoms. The summed E-state index contributed by atoms with van der Waals surface area (Å²) in [5.74, 6) is 1.45. The van der Waals surface area contributed by atoms with Gasteiger partial charge in [-0.15, -0.1) is 0 Å². The third kappa shape index (κ3) is 5.41. The van der Waals surface area contributed by atoms with Crippen molar-refractivity contribution in [3.8, 4) is 11.6 Å². The molecule has 23 heavy (non-hydrogen) atoms. The van der Waals surface area contributed by atoms with Crippen LogP contribution < -0.4 is 4.74 Å². The zero-order valence-corrected chi connectivity index (χ0v) is 14.8. The molecule has 0 fully saturated rings. The lowest BCUT2D eigenvalue weighted by Crippen LogP contribution is -1.89. The van der Waals surface area contributed by atoms with Crippen molar-refractivity contribution < 1.29 is 4.74 Å². The van der Waals surface area contributed by atoms with Gasteiger partial charge in [0, 0.05) is 12.3 Å². The quantitative estimate of drug-likeness (QED) is 0.541. The first-order chi connectivity index (χ1) is 11.3. The van der Waals surface area contributed by atoms with Crippen LogP contribution in [0, 0.1) is 0 Å². The largest absolute Gasteiger partial charge is 0.439 e. The Bertz CT molecular complexity index is 690. The summed E-state index contributed by atoms with van der Waals surface area (Å²) < 4.78 is 5.77. The molecule has 0 atom stereocenters. The van der Waals surface area contributed by atoms with Crippen molar-refractivity contribution in [1.82, 2.24) is 4.98 Å². The van der Waals surface area contributed by atoms with E-state index in [1.807, 2.05) is 70.3 Å². The highest BCUT2D eigenvalue weighted by atomic mass is 16.5. The van der Waals surface area contributed by atoms with Gasteiger partial charge in [0.05, 0.1) is 0 Å². The number of aryl methyl sites for hydroxylation is 1. The molecule has 1 heterocycles. The molecule has 3 aromatic rings. The molecule has 122 valence electrons. The van der Waals surface area contributed by atoms with Crippen molar-refractivity contribution in [2.75, 3.05) is 0 Å². The van der Waals surface area contributed by atoms with Crippen molar-refractivity contribution in [1.29, 1.82) is 0 Å². The van der Waals surface area contributed by atoms with Crippen LogP contribution in [0.2, 0.25) is 0 Å². The number of pyridine rings is 1. The van der Waals surface area contributed by atoms with Crippen LogP contribution in [0.3, 0.4) is 0 Å². The SMILES string of the molecule is CC.CC.CCc1ccc(Oc2ccc3ccccc3c2)nc1. The normalized spacial score (nSPS) is 9.26. The van der Waals surface area contributed by atoms with Gasteiger partial charge in [0.25, 0.3) is 0 Å². The number of fused-ring (bicyclic) bond motifs is 1. The Morgan fingerprint density at radius 2 is 1.52 bits per heavy atom. The third-order valence-corrected chi connectivity index (χ3v) is 3.15. The first kappa shape index (κ1) is 18.7. The Morgan fingerprint density at radius 3 is 2.13 bits per heavy atom. The summed E-state index contributed by atoms with van der Waals surface area (Å²) in [4.78, 5) is 4.30. The smallest absolute Gasteiger partial charge is 0.219 e. The fourth-order valence-electron chi connectivity index (χ4n) is 2.03. The van der Waals surface area contributed by atoms with Gasteiger partial charge < -0.3 is 4.74 Å². The summed E-state index contributed by atoms with van der Waals surface area (Å²) in [6.45, 7) is 10.1. The molecule has 0 aliphatic heterocycles. The van der Waals surface area contributed by atoms with E-state index in [2.05, 4.69) is 30.1 Å². The minimum absolute atomic E-state index is 0.632. The molecule has 0 saturated carbocycles. The summed E-state index contributed by atoms with van der Waals surface area (Å²) in [6, 6.07) is 18.3. The van der Waals surface area contributed by atoms with Gasteiger partial charge in [0.2, 0.25) is 5.88 Å². The van der Waals surface area contributed by atoms with Crippen molar-refractivity contribution >= 4 is 10.8 Å². The Balaban J connectivity index is 0.000000615. The monoisotopic (exact) mass is 309 g/mol. The predicted octanol–water partition coefficient (Wildman–Crippen LogP) is 6.64. The molecule has 0 aliphatic carbocycles. The van der Waals surface area contributed by atoms with Crippen LogP contribution in [0.25, 0.3) is 10.8 Å². The summed E-state index contributed by atoms with van der Waals surface area (Å²) >= 11 is 0. The lowest BCUT2D eigenvalue weighted by Gasteiger charge is -2.06. The molecular formula is C21H27NO. The number of nitrogens with zero attached hydrogens (tertiary/aromatic N) is 1. The molecule has 0 N–H and O–H groups in total. The highest BCUT2D eigenvalue weighted by molar-refractivity contribution is 5.83. The summed E-state index contributed by atoms with van der Waals surface area (Å²) in [5, 5.41) is 2.38. The Morgan fingerprint density at radius 1 is 0.826 bits per heavy atom. The second kappa shape index (κ2) is 10.4. The Hall–Kier alpha value is -2.35. The standard InChI is InChI=1S/C17H15NO.2C2H6/c1-2-13-7-10-17(18-12-13)19-16-9-8-14-5-3-4-6-15(14)11-16;2*1-2/h3-12H,2H2,1H3;2*1-2H3. The van der Waals surface area contributed by atoms with E-state index in [1.165, 1.54) is 16.3 Å². The molecular weight excluding hydrogens is 282 g/mol. The van der Waals surface area contributed by atoms with Gasteiger partial charge in [-0.25, -0.2) is 4.98 Å². The second-order valence-corrected chi connectivity index (χ2v) is 4.47. The van der Waals surface area contributed by atoms with Crippen molar-refractivity contribution in [3.05, 3.63) is 66.4 Å². The van der Waals surface area contributed by atoms with E-state index >= 15 is 0 Å². The van der Waals surface area contributed by atoms with Crippen molar-refractivity contribution in [3.63, 3.8) is 0 Å². The molecule has 0 saturated heterocycles. The topological polar surface area (TPSA) is 22.1 Å². The molecule has 0 bridgehead atoms. The number of hydrogen-bond donors (Lipinski definition) is 0. The van der Waals surface area contributed by atoms with Crippen LogP contribution in [-0.2, 0) is 6.42 Å². The van der Waals surface area contributed by atoms with Gasteiger partial charge in [-0.1, -0.05) is 71.0 Å². The zero-order chi connectivity index (χ0) is 17.1. The summed E-state index contributed by atoms with van der Waals surface area (Å²) in [7, 11) is 0. The van der Waals surface area contributed by atoms with Crippen LogP contribution in [0.1, 0.15) is 40.2 Å². The van der Waals surface area contributed by atoms with E-state index in [9.17, 15) is 0 Å². The first-order valence-electron chi connectivity index (χ1n) is 8.47. The second-order valence-electron chi connectivity index (χ2n) is 4.47. The Labute approximate surface area is 140 Å². The van der Waals surface area contributed by atoms with Crippen LogP contribution in [0.15, 0.2) is 60.8 Å². The predicted molar refractivity (Wildman–Crippen MR) is 100 cm³/mol. The molecule has 0 aliphatic rings. The Kier molecular flexibility index (Phi) is 8.45. The maximum absolute atomic E-state index is 5.77. The maximum atomic E-state index is 5.77. The van der Waals surface area contributed by atoms with Gasteiger partial charge in [-0.3, -0.25) is 0 Å².